The first-order chi connectivity index (χ1) is 5.65. The Balaban J connectivity index is 3.00. The van der Waals surface area contributed by atoms with Gasteiger partial charge in [0.1, 0.15) is 11.2 Å². The van der Waals surface area contributed by atoms with Crippen LogP contribution in [0, 0.1) is 5.41 Å². The van der Waals surface area contributed by atoms with Gasteiger partial charge in [0.15, 0.2) is 0 Å². The van der Waals surface area contributed by atoms with E-state index >= 15 is 0 Å². The highest BCUT2D eigenvalue weighted by Gasteiger charge is 2.76. The summed E-state index contributed by atoms with van der Waals surface area (Å²) >= 11 is 0. The van der Waals surface area contributed by atoms with Crippen LogP contribution in [0.25, 0.3) is 0 Å². The van der Waals surface area contributed by atoms with Gasteiger partial charge < -0.3 is 0 Å². The summed E-state index contributed by atoms with van der Waals surface area (Å²) in [6.07, 6.45) is -6.39. The van der Waals surface area contributed by atoms with Crippen LogP contribution >= 0.6 is 0 Å². The molecule has 1 nitrogen and oxygen atoms in total. The van der Waals surface area contributed by atoms with Crippen molar-refractivity contribution in [1.29, 1.82) is 0 Å². The largest absolute Gasteiger partial charge is 0.454 e. The number of carbonyl (C=O) groups is 1. The van der Waals surface area contributed by atoms with Crippen molar-refractivity contribution < 1.29 is 26.7 Å². The van der Waals surface area contributed by atoms with Crippen LogP contribution in [0.5, 0.6) is 0 Å². The Hall–Kier alpha value is -0.680. The molecule has 1 aliphatic rings. The summed E-state index contributed by atoms with van der Waals surface area (Å²) in [5, 5.41) is 0. The van der Waals surface area contributed by atoms with Crippen LogP contribution in [0.4, 0.5) is 22.0 Å². The molecule has 0 spiro atoms. The van der Waals surface area contributed by atoms with Gasteiger partial charge in [0.05, 0.1) is 0 Å². The fourth-order valence-electron chi connectivity index (χ4n) is 1.28. The molecule has 0 N–H and O–H groups in total. The van der Waals surface area contributed by atoms with Crippen LogP contribution in [0.1, 0.15) is 19.8 Å². The molecular formula is C7H7F5O. The van der Waals surface area contributed by atoms with Gasteiger partial charge in [0.2, 0.25) is 0 Å². The predicted molar refractivity (Wildman–Crippen MR) is 33.4 cm³/mol. The monoisotopic (exact) mass is 202 g/mol. The van der Waals surface area contributed by atoms with Crippen molar-refractivity contribution >= 4 is 5.78 Å². The smallest absolute Gasteiger partial charge is 0.299 e. The second-order valence-corrected chi connectivity index (χ2v) is 3.21. The minimum Gasteiger partial charge on any atom is -0.299 e. The van der Waals surface area contributed by atoms with Gasteiger partial charge in [-0.05, 0) is 19.8 Å². The molecule has 0 aliphatic heterocycles. The molecular weight excluding hydrogens is 195 g/mol. The van der Waals surface area contributed by atoms with Crippen LogP contribution in [0.15, 0.2) is 0 Å². The molecule has 0 bridgehead atoms. The molecule has 1 rings (SSSR count). The molecule has 1 saturated carbocycles. The highest BCUT2D eigenvalue weighted by Crippen LogP contribution is 2.62. The number of ketones is 1. The van der Waals surface area contributed by atoms with E-state index in [4.69, 9.17) is 0 Å². The van der Waals surface area contributed by atoms with Gasteiger partial charge in [-0.3, -0.25) is 4.79 Å². The lowest BCUT2D eigenvalue weighted by atomic mass is 9.93. The van der Waals surface area contributed by atoms with E-state index in [1.165, 1.54) is 0 Å². The van der Waals surface area contributed by atoms with Gasteiger partial charge in [-0.1, -0.05) is 0 Å². The first kappa shape index (κ1) is 10.4. The van der Waals surface area contributed by atoms with Crippen molar-refractivity contribution in [1.82, 2.24) is 0 Å². The number of hydrogen-bond acceptors (Lipinski definition) is 1. The fourth-order valence-corrected chi connectivity index (χ4v) is 1.28. The lowest BCUT2D eigenvalue weighted by Crippen LogP contribution is -2.47. The third kappa shape index (κ3) is 1.23. The number of hydrogen-bond donors (Lipinski definition) is 0. The Morgan fingerprint density at radius 2 is 1.54 bits per heavy atom. The summed E-state index contributed by atoms with van der Waals surface area (Å²) < 4.78 is 60.8. The van der Waals surface area contributed by atoms with E-state index in [-0.39, 0.29) is 12.8 Å². The van der Waals surface area contributed by atoms with Gasteiger partial charge in [0, 0.05) is 0 Å². The molecule has 1 fully saturated rings. The van der Waals surface area contributed by atoms with Crippen LogP contribution < -0.4 is 0 Å². The molecule has 76 valence electrons. The van der Waals surface area contributed by atoms with Gasteiger partial charge in [0.25, 0.3) is 0 Å². The summed E-state index contributed by atoms with van der Waals surface area (Å²) in [6, 6.07) is 0. The van der Waals surface area contributed by atoms with E-state index in [1.54, 1.807) is 0 Å². The predicted octanol–water partition coefficient (Wildman–Crippen LogP) is 2.55. The minimum absolute atomic E-state index is 0.380. The van der Waals surface area contributed by atoms with Crippen LogP contribution in [0.3, 0.4) is 0 Å². The maximum Gasteiger partial charge on any atom is 0.454 e. The second-order valence-electron chi connectivity index (χ2n) is 3.21. The van der Waals surface area contributed by atoms with Crippen LogP contribution in [-0.2, 0) is 4.79 Å². The Kier molecular flexibility index (Phi) is 1.94. The molecule has 13 heavy (non-hydrogen) atoms. The first-order valence-corrected chi connectivity index (χ1v) is 3.61. The Morgan fingerprint density at radius 3 is 1.62 bits per heavy atom. The highest BCUT2D eigenvalue weighted by molar-refractivity contribution is 5.86. The van der Waals surface area contributed by atoms with Crippen LogP contribution in [-0.4, -0.2) is 17.9 Å². The van der Waals surface area contributed by atoms with Gasteiger partial charge in [-0.25, -0.2) is 0 Å². The molecule has 0 unspecified atom stereocenters. The summed E-state index contributed by atoms with van der Waals surface area (Å²) in [5.74, 6) is -5.97. The number of alkyl halides is 5. The lowest BCUT2D eigenvalue weighted by Gasteiger charge is -2.26. The van der Waals surface area contributed by atoms with Crippen molar-refractivity contribution in [3.8, 4) is 0 Å². The number of rotatable bonds is 2. The Bertz CT molecular complexity index is 238. The topological polar surface area (TPSA) is 17.1 Å². The van der Waals surface area contributed by atoms with E-state index in [0.717, 1.165) is 6.92 Å². The summed E-state index contributed by atoms with van der Waals surface area (Å²) in [5.41, 5.74) is -2.47. The minimum atomic E-state index is -5.63. The first-order valence-electron chi connectivity index (χ1n) is 3.61. The molecule has 0 amide bonds. The molecule has 0 aromatic carbocycles. The van der Waals surface area contributed by atoms with E-state index in [9.17, 15) is 26.7 Å². The van der Waals surface area contributed by atoms with E-state index in [0.29, 0.717) is 0 Å². The number of carbonyl (C=O) groups excluding carboxylic acids is 1. The average molecular weight is 202 g/mol. The molecule has 6 heteroatoms. The molecule has 0 aromatic heterocycles. The maximum absolute atomic E-state index is 12.7. The van der Waals surface area contributed by atoms with Gasteiger partial charge in [-0.15, -0.1) is 0 Å². The molecule has 1 aliphatic carbocycles. The van der Waals surface area contributed by atoms with Crippen molar-refractivity contribution in [3.05, 3.63) is 0 Å². The van der Waals surface area contributed by atoms with E-state index < -0.39 is 23.3 Å². The zero-order valence-corrected chi connectivity index (χ0v) is 6.71. The summed E-state index contributed by atoms with van der Waals surface area (Å²) in [6.45, 7) is 0.770. The fraction of sp³-hybridized carbons (Fsp3) is 0.857. The van der Waals surface area contributed by atoms with Crippen LogP contribution in [0.2, 0.25) is 0 Å². The Morgan fingerprint density at radius 1 is 1.15 bits per heavy atom. The van der Waals surface area contributed by atoms with Gasteiger partial charge >= 0.3 is 12.1 Å². The third-order valence-electron chi connectivity index (χ3n) is 2.38. The zero-order chi connectivity index (χ0) is 10.5. The molecule has 0 heterocycles. The lowest BCUT2D eigenvalue weighted by molar-refractivity contribution is -0.304. The van der Waals surface area contributed by atoms with Crippen molar-refractivity contribution in [2.24, 2.45) is 5.41 Å². The van der Waals surface area contributed by atoms with Crippen molar-refractivity contribution in [3.63, 3.8) is 0 Å². The maximum atomic E-state index is 12.7. The van der Waals surface area contributed by atoms with E-state index in [2.05, 4.69) is 0 Å². The summed E-state index contributed by atoms with van der Waals surface area (Å²) in [7, 11) is 0. The standard InChI is InChI=1S/C7H7F5O/c1-4(13)5(2-3-5)6(8,9)7(10,11)12/h2-3H2,1H3. The average Bonchev–Trinajstić information content (AvgIpc) is 2.61. The zero-order valence-electron chi connectivity index (χ0n) is 6.71. The van der Waals surface area contributed by atoms with Gasteiger partial charge in [-0.2, -0.15) is 22.0 Å². The molecule has 0 saturated heterocycles. The van der Waals surface area contributed by atoms with E-state index in [1.807, 2.05) is 0 Å². The normalized spacial score (nSPS) is 21.4. The highest BCUT2D eigenvalue weighted by atomic mass is 19.4. The number of Topliss-reactive ketones (excluding diaryl/α,β-unsaturated/α-hetero) is 1. The van der Waals surface area contributed by atoms with Crippen molar-refractivity contribution in [2.75, 3.05) is 0 Å². The molecule has 0 radical (unpaired) electrons. The second kappa shape index (κ2) is 2.42. The third-order valence-corrected chi connectivity index (χ3v) is 2.38. The SMILES string of the molecule is CC(=O)C1(C(F)(F)C(F)(F)F)CC1. The molecule has 0 atom stereocenters. The molecule has 0 aromatic rings. The number of halogens is 5. The Labute approximate surface area is 70.9 Å². The van der Waals surface area contributed by atoms with Crippen molar-refractivity contribution in [2.45, 2.75) is 31.9 Å². The quantitative estimate of drug-likeness (QED) is 0.629. The summed E-state index contributed by atoms with van der Waals surface area (Å²) in [4.78, 5) is 10.6.